The number of amides is 2. The first-order valence-electron chi connectivity index (χ1n) is 6.50. The maximum absolute atomic E-state index is 11.8. The van der Waals surface area contributed by atoms with Gasteiger partial charge in [0, 0.05) is 11.3 Å². The molecule has 1 aromatic rings. The molecule has 0 aliphatic heterocycles. The van der Waals surface area contributed by atoms with E-state index in [1.807, 2.05) is 0 Å². The van der Waals surface area contributed by atoms with Gasteiger partial charge in [0.2, 0.25) is 5.91 Å². The number of methoxy groups -OCH3 is 1. The van der Waals surface area contributed by atoms with Crippen LogP contribution in [0.5, 0.6) is 0 Å². The van der Waals surface area contributed by atoms with E-state index in [2.05, 4.69) is 15.4 Å². The van der Waals surface area contributed by atoms with E-state index in [0.717, 1.165) is 0 Å². The van der Waals surface area contributed by atoms with Crippen LogP contribution in [0.15, 0.2) is 24.3 Å². The van der Waals surface area contributed by atoms with E-state index in [-0.39, 0.29) is 12.5 Å². The smallest absolute Gasteiger partial charge is 0.325 e. The average molecular weight is 291 g/mol. The summed E-state index contributed by atoms with van der Waals surface area (Å²) in [6, 6.07) is 6.32. The SMILES string of the molecule is COC(=O)CNC(=O)c1ccc(NC(=O)C2(N)CC2)cc1. The molecule has 1 aromatic carbocycles. The molecule has 0 bridgehead atoms. The van der Waals surface area contributed by atoms with Gasteiger partial charge in [0.15, 0.2) is 0 Å². The highest BCUT2D eigenvalue weighted by Gasteiger charge is 2.45. The number of carbonyl (C=O) groups excluding carboxylic acids is 3. The number of esters is 1. The molecule has 7 nitrogen and oxygen atoms in total. The maximum Gasteiger partial charge on any atom is 0.325 e. The van der Waals surface area contributed by atoms with Gasteiger partial charge in [-0.15, -0.1) is 0 Å². The van der Waals surface area contributed by atoms with Crippen molar-refractivity contribution < 1.29 is 19.1 Å². The minimum absolute atomic E-state index is 0.191. The molecule has 0 saturated heterocycles. The molecule has 1 fully saturated rings. The molecule has 2 rings (SSSR count). The third-order valence-corrected chi connectivity index (χ3v) is 3.27. The summed E-state index contributed by atoms with van der Waals surface area (Å²) in [7, 11) is 1.25. The molecule has 0 aromatic heterocycles. The monoisotopic (exact) mass is 291 g/mol. The lowest BCUT2D eigenvalue weighted by molar-refractivity contribution is -0.139. The number of hydrogen-bond acceptors (Lipinski definition) is 5. The van der Waals surface area contributed by atoms with E-state index in [0.29, 0.717) is 24.1 Å². The molecule has 0 spiro atoms. The zero-order chi connectivity index (χ0) is 15.5. The third-order valence-electron chi connectivity index (χ3n) is 3.27. The number of nitrogens with one attached hydrogen (secondary N) is 2. The number of hydrogen-bond donors (Lipinski definition) is 3. The molecule has 1 aliphatic rings. The molecule has 21 heavy (non-hydrogen) atoms. The molecular weight excluding hydrogens is 274 g/mol. The molecule has 1 aliphatic carbocycles. The maximum atomic E-state index is 11.8. The highest BCUT2D eigenvalue weighted by atomic mass is 16.5. The summed E-state index contributed by atoms with van der Waals surface area (Å²) in [5.41, 5.74) is 5.99. The molecule has 112 valence electrons. The standard InChI is InChI=1S/C14H17N3O4/c1-21-11(18)8-16-12(19)9-2-4-10(5-3-9)17-13(20)14(15)6-7-14/h2-5H,6-8,15H2,1H3,(H,16,19)(H,17,20). The van der Waals surface area contributed by atoms with E-state index in [9.17, 15) is 14.4 Å². The fourth-order valence-corrected chi connectivity index (χ4v) is 1.65. The summed E-state index contributed by atoms with van der Waals surface area (Å²) >= 11 is 0. The zero-order valence-electron chi connectivity index (χ0n) is 11.6. The van der Waals surface area contributed by atoms with E-state index in [1.165, 1.54) is 7.11 Å². The average Bonchev–Trinajstić information content (AvgIpc) is 3.24. The van der Waals surface area contributed by atoms with Crippen LogP contribution < -0.4 is 16.4 Å². The van der Waals surface area contributed by atoms with Gasteiger partial charge in [-0.3, -0.25) is 14.4 Å². The number of anilines is 1. The van der Waals surface area contributed by atoms with Crippen molar-refractivity contribution in [3.8, 4) is 0 Å². The van der Waals surface area contributed by atoms with Gasteiger partial charge in [0.05, 0.1) is 12.6 Å². The van der Waals surface area contributed by atoms with Crippen LogP contribution in [0.2, 0.25) is 0 Å². The Morgan fingerprint density at radius 2 is 1.86 bits per heavy atom. The predicted molar refractivity (Wildman–Crippen MR) is 75.6 cm³/mol. The molecule has 0 heterocycles. The van der Waals surface area contributed by atoms with Crippen LogP contribution in [0.4, 0.5) is 5.69 Å². The van der Waals surface area contributed by atoms with Crippen LogP contribution in [0, 0.1) is 0 Å². The first kappa shape index (κ1) is 15.0. The van der Waals surface area contributed by atoms with Crippen LogP contribution in [0.25, 0.3) is 0 Å². The highest BCUT2D eigenvalue weighted by Crippen LogP contribution is 2.33. The molecule has 0 unspecified atom stereocenters. The van der Waals surface area contributed by atoms with Crippen LogP contribution in [0.3, 0.4) is 0 Å². The Morgan fingerprint density at radius 1 is 1.24 bits per heavy atom. The van der Waals surface area contributed by atoms with Crippen LogP contribution in [-0.4, -0.2) is 37.0 Å². The summed E-state index contributed by atoms with van der Waals surface area (Å²) in [6.45, 7) is -0.191. The molecule has 2 amide bonds. The van der Waals surface area contributed by atoms with Crippen molar-refractivity contribution in [2.24, 2.45) is 5.73 Å². The Hall–Kier alpha value is -2.41. The number of benzene rings is 1. The third kappa shape index (κ3) is 3.79. The van der Waals surface area contributed by atoms with Crippen LogP contribution in [0.1, 0.15) is 23.2 Å². The van der Waals surface area contributed by atoms with Crippen molar-refractivity contribution in [1.82, 2.24) is 5.32 Å². The summed E-state index contributed by atoms with van der Waals surface area (Å²) in [4.78, 5) is 34.4. The van der Waals surface area contributed by atoms with Crippen molar-refractivity contribution >= 4 is 23.5 Å². The lowest BCUT2D eigenvalue weighted by Crippen LogP contribution is -2.37. The molecule has 0 atom stereocenters. The number of rotatable bonds is 5. The van der Waals surface area contributed by atoms with Crippen LogP contribution >= 0.6 is 0 Å². The molecular formula is C14H17N3O4. The quantitative estimate of drug-likeness (QED) is 0.662. The zero-order valence-corrected chi connectivity index (χ0v) is 11.6. The molecule has 4 N–H and O–H groups in total. The number of carbonyl (C=O) groups is 3. The first-order valence-corrected chi connectivity index (χ1v) is 6.50. The van der Waals surface area contributed by atoms with Crippen molar-refractivity contribution in [3.63, 3.8) is 0 Å². The molecule has 7 heteroatoms. The summed E-state index contributed by atoms with van der Waals surface area (Å²) in [6.07, 6.45) is 1.37. The van der Waals surface area contributed by atoms with Crippen molar-refractivity contribution in [2.45, 2.75) is 18.4 Å². The van der Waals surface area contributed by atoms with E-state index in [4.69, 9.17) is 5.73 Å². The van der Waals surface area contributed by atoms with Crippen molar-refractivity contribution in [3.05, 3.63) is 29.8 Å². The fraction of sp³-hybridized carbons (Fsp3) is 0.357. The van der Waals surface area contributed by atoms with Crippen molar-refractivity contribution in [1.29, 1.82) is 0 Å². The van der Waals surface area contributed by atoms with Gasteiger partial charge < -0.3 is 21.1 Å². The highest BCUT2D eigenvalue weighted by molar-refractivity contribution is 6.01. The summed E-state index contributed by atoms with van der Waals surface area (Å²) in [5, 5.41) is 5.12. The first-order chi connectivity index (χ1) is 9.94. The Morgan fingerprint density at radius 3 is 2.38 bits per heavy atom. The van der Waals surface area contributed by atoms with E-state index >= 15 is 0 Å². The topological polar surface area (TPSA) is 111 Å². The summed E-state index contributed by atoms with van der Waals surface area (Å²) < 4.78 is 4.42. The fourth-order valence-electron chi connectivity index (χ4n) is 1.65. The molecule has 0 radical (unpaired) electrons. The van der Waals surface area contributed by atoms with Gasteiger partial charge in [-0.2, -0.15) is 0 Å². The minimum atomic E-state index is -0.740. The van der Waals surface area contributed by atoms with Gasteiger partial charge in [0.1, 0.15) is 6.54 Å². The largest absolute Gasteiger partial charge is 0.468 e. The van der Waals surface area contributed by atoms with Gasteiger partial charge >= 0.3 is 5.97 Å². The van der Waals surface area contributed by atoms with E-state index < -0.39 is 17.4 Å². The minimum Gasteiger partial charge on any atom is -0.468 e. The summed E-state index contributed by atoms with van der Waals surface area (Å²) in [5.74, 6) is -1.13. The Balaban J connectivity index is 1.90. The van der Waals surface area contributed by atoms with Gasteiger partial charge in [-0.25, -0.2) is 0 Å². The Bertz CT molecular complexity index is 564. The number of nitrogens with two attached hydrogens (primary N) is 1. The van der Waals surface area contributed by atoms with Crippen molar-refractivity contribution in [2.75, 3.05) is 19.0 Å². The Labute approximate surface area is 121 Å². The normalized spacial score (nSPS) is 15.0. The van der Waals surface area contributed by atoms with Gasteiger partial charge in [0.25, 0.3) is 5.91 Å². The van der Waals surface area contributed by atoms with Gasteiger partial charge in [-0.1, -0.05) is 0 Å². The second-order valence-electron chi connectivity index (χ2n) is 4.95. The number of ether oxygens (including phenoxy) is 1. The second-order valence-corrected chi connectivity index (χ2v) is 4.95. The van der Waals surface area contributed by atoms with Gasteiger partial charge in [-0.05, 0) is 37.1 Å². The lowest BCUT2D eigenvalue weighted by atomic mass is 10.2. The van der Waals surface area contributed by atoms with Crippen LogP contribution in [-0.2, 0) is 14.3 Å². The molecule has 1 saturated carbocycles. The predicted octanol–water partition coefficient (Wildman–Crippen LogP) is 0.0192. The van der Waals surface area contributed by atoms with E-state index in [1.54, 1.807) is 24.3 Å². The Kier molecular flexibility index (Phi) is 4.23. The second kappa shape index (κ2) is 5.92. The lowest BCUT2D eigenvalue weighted by Gasteiger charge is -2.10.